The monoisotopic (exact) mass is 357 g/mol. The van der Waals surface area contributed by atoms with Crippen LogP contribution < -0.4 is 21.1 Å². The van der Waals surface area contributed by atoms with Gasteiger partial charge in [0.1, 0.15) is 5.75 Å². The first-order chi connectivity index (χ1) is 9.67. The van der Waals surface area contributed by atoms with Crippen LogP contribution in [-0.2, 0) is 11.3 Å². The molecule has 0 fully saturated rings. The van der Waals surface area contributed by atoms with E-state index in [1.807, 2.05) is 17.4 Å². The second kappa shape index (κ2) is 7.42. The van der Waals surface area contributed by atoms with E-state index in [2.05, 4.69) is 42.0 Å². The van der Waals surface area contributed by atoms with E-state index in [4.69, 9.17) is 10.5 Å². The molecule has 1 rings (SSSR count). The van der Waals surface area contributed by atoms with Crippen LogP contribution in [0.3, 0.4) is 0 Å². The maximum absolute atomic E-state index is 11.3. The van der Waals surface area contributed by atoms with Crippen LogP contribution in [0.2, 0.25) is 0 Å². The molecule has 6 nitrogen and oxygen atoms in total. The zero-order valence-electron chi connectivity index (χ0n) is 12.3. The molecule has 1 aromatic rings. The van der Waals surface area contributed by atoms with Crippen LogP contribution in [0.25, 0.3) is 0 Å². The van der Waals surface area contributed by atoms with Gasteiger partial charge in [0.2, 0.25) is 0 Å². The van der Waals surface area contributed by atoms with Gasteiger partial charge < -0.3 is 15.8 Å². The number of hydrogen-bond acceptors (Lipinski definition) is 4. The number of imide groups is 1. The Hall–Kier alpha value is -1.60. The smallest absolute Gasteiger partial charge is 0.318 e. The zero-order valence-corrected chi connectivity index (χ0v) is 13.9. The lowest BCUT2D eigenvalue weighted by molar-refractivity contribution is -0.121. The fraction of sp³-hybridized carbons (Fsp3) is 0.429. The van der Waals surface area contributed by atoms with E-state index in [1.54, 1.807) is 6.07 Å². The van der Waals surface area contributed by atoms with E-state index in [0.29, 0.717) is 5.75 Å². The number of ether oxygens (including phenoxy) is 1. The molecule has 0 spiro atoms. The fourth-order valence-electron chi connectivity index (χ4n) is 1.46. The largest absolute Gasteiger partial charge is 0.483 e. The Morgan fingerprint density at radius 1 is 1.33 bits per heavy atom. The van der Waals surface area contributed by atoms with Gasteiger partial charge in [0, 0.05) is 12.1 Å². The molecule has 116 valence electrons. The van der Waals surface area contributed by atoms with Gasteiger partial charge in [-0.25, -0.2) is 4.79 Å². The number of amides is 3. The summed E-state index contributed by atoms with van der Waals surface area (Å²) in [5.41, 5.74) is 5.96. The standard InChI is InChI=1S/C14H20BrN3O3/c1-14(2,3)17-7-9-4-5-11(10(15)6-9)21-8-12(19)18-13(16)20/h4-6,17H,7-8H2,1-3H3,(H3,16,18,19,20). The van der Waals surface area contributed by atoms with Gasteiger partial charge in [-0.2, -0.15) is 0 Å². The number of benzene rings is 1. The highest BCUT2D eigenvalue weighted by Crippen LogP contribution is 2.26. The molecule has 0 aliphatic carbocycles. The van der Waals surface area contributed by atoms with Gasteiger partial charge in [-0.15, -0.1) is 0 Å². The third kappa shape index (κ3) is 7.10. The summed E-state index contributed by atoms with van der Waals surface area (Å²) in [5, 5.41) is 5.31. The predicted molar refractivity (Wildman–Crippen MR) is 84.0 cm³/mol. The van der Waals surface area contributed by atoms with Gasteiger partial charge in [0.15, 0.2) is 6.61 Å². The molecule has 0 bridgehead atoms. The molecule has 7 heteroatoms. The average molecular weight is 358 g/mol. The maximum Gasteiger partial charge on any atom is 0.318 e. The molecule has 0 saturated carbocycles. The van der Waals surface area contributed by atoms with Gasteiger partial charge in [-0.3, -0.25) is 10.1 Å². The minimum absolute atomic E-state index is 0.0362. The van der Waals surface area contributed by atoms with E-state index in [0.717, 1.165) is 16.6 Å². The second-order valence-electron chi connectivity index (χ2n) is 5.57. The number of nitrogens with two attached hydrogens (primary N) is 1. The summed E-state index contributed by atoms with van der Waals surface area (Å²) in [6.07, 6.45) is 0. The first-order valence-electron chi connectivity index (χ1n) is 6.43. The van der Waals surface area contributed by atoms with E-state index in [9.17, 15) is 9.59 Å². The van der Waals surface area contributed by atoms with E-state index in [-0.39, 0.29) is 12.1 Å². The number of carbonyl (C=O) groups is 2. The van der Waals surface area contributed by atoms with Crippen LogP contribution >= 0.6 is 15.9 Å². The van der Waals surface area contributed by atoms with Crippen LogP contribution in [0, 0.1) is 0 Å². The molecule has 0 saturated heterocycles. The van der Waals surface area contributed by atoms with Gasteiger partial charge >= 0.3 is 6.03 Å². The van der Waals surface area contributed by atoms with E-state index >= 15 is 0 Å². The molecule has 0 aliphatic rings. The van der Waals surface area contributed by atoms with Crippen molar-refractivity contribution in [1.82, 2.24) is 10.6 Å². The Bertz CT molecular complexity index is 527. The van der Waals surface area contributed by atoms with Crippen LogP contribution in [0.1, 0.15) is 26.3 Å². The highest BCUT2D eigenvalue weighted by atomic mass is 79.9. The molecule has 0 heterocycles. The molecule has 0 aliphatic heterocycles. The third-order valence-corrected chi connectivity index (χ3v) is 3.06. The van der Waals surface area contributed by atoms with Gasteiger partial charge in [-0.05, 0) is 54.4 Å². The quantitative estimate of drug-likeness (QED) is 0.750. The Morgan fingerprint density at radius 3 is 2.52 bits per heavy atom. The molecule has 0 atom stereocenters. The van der Waals surface area contributed by atoms with Crippen molar-refractivity contribution in [1.29, 1.82) is 0 Å². The molecule has 0 radical (unpaired) electrons. The molecular weight excluding hydrogens is 338 g/mol. The molecule has 0 aromatic heterocycles. The highest BCUT2D eigenvalue weighted by Gasteiger charge is 2.10. The van der Waals surface area contributed by atoms with Crippen molar-refractivity contribution in [2.75, 3.05) is 6.61 Å². The average Bonchev–Trinajstić information content (AvgIpc) is 2.33. The number of primary amides is 1. The van der Waals surface area contributed by atoms with E-state index in [1.165, 1.54) is 0 Å². The molecule has 1 aromatic carbocycles. The highest BCUT2D eigenvalue weighted by molar-refractivity contribution is 9.10. The molecule has 0 unspecified atom stereocenters. The summed E-state index contributed by atoms with van der Waals surface area (Å²) in [4.78, 5) is 21.8. The van der Waals surface area contributed by atoms with Crippen molar-refractivity contribution in [3.05, 3.63) is 28.2 Å². The predicted octanol–water partition coefficient (Wildman–Crippen LogP) is 1.91. The number of rotatable bonds is 5. The van der Waals surface area contributed by atoms with Crippen molar-refractivity contribution in [2.45, 2.75) is 32.9 Å². The van der Waals surface area contributed by atoms with Crippen LogP contribution in [0.5, 0.6) is 5.75 Å². The van der Waals surface area contributed by atoms with Crippen LogP contribution in [0.15, 0.2) is 22.7 Å². The SMILES string of the molecule is CC(C)(C)NCc1ccc(OCC(=O)NC(N)=O)c(Br)c1. The van der Waals surface area contributed by atoms with Gasteiger partial charge in [0.05, 0.1) is 4.47 Å². The van der Waals surface area contributed by atoms with Crippen molar-refractivity contribution < 1.29 is 14.3 Å². The molecule has 4 N–H and O–H groups in total. The van der Waals surface area contributed by atoms with Crippen molar-refractivity contribution in [3.63, 3.8) is 0 Å². The van der Waals surface area contributed by atoms with Crippen molar-refractivity contribution >= 4 is 27.9 Å². The fourth-order valence-corrected chi connectivity index (χ4v) is 2.00. The lowest BCUT2D eigenvalue weighted by atomic mass is 10.1. The Labute approximate surface area is 132 Å². The van der Waals surface area contributed by atoms with Gasteiger partial charge in [-0.1, -0.05) is 6.07 Å². The first-order valence-corrected chi connectivity index (χ1v) is 7.22. The lowest BCUT2D eigenvalue weighted by Crippen LogP contribution is -2.38. The summed E-state index contributed by atoms with van der Waals surface area (Å²) < 4.78 is 6.05. The molecular formula is C14H20BrN3O3. The van der Waals surface area contributed by atoms with Gasteiger partial charge in [0.25, 0.3) is 5.91 Å². The lowest BCUT2D eigenvalue weighted by Gasteiger charge is -2.20. The number of hydrogen-bond donors (Lipinski definition) is 3. The number of nitrogens with one attached hydrogen (secondary N) is 2. The van der Waals surface area contributed by atoms with E-state index < -0.39 is 11.9 Å². The van der Waals surface area contributed by atoms with Crippen molar-refractivity contribution in [2.24, 2.45) is 5.73 Å². The first kappa shape index (κ1) is 17.5. The second-order valence-corrected chi connectivity index (χ2v) is 6.42. The minimum atomic E-state index is -0.897. The summed E-state index contributed by atoms with van der Waals surface area (Å²) in [7, 11) is 0. The zero-order chi connectivity index (χ0) is 16.0. The number of halogens is 1. The van der Waals surface area contributed by atoms with Crippen LogP contribution in [0.4, 0.5) is 4.79 Å². The van der Waals surface area contributed by atoms with Crippen LogP contribution in [-0.4, -0.2) is 24.1 Å². The normalized spacial score (nSPS) is 11.0. The Balaban J connectivity index is 2.58. The van der Waals surface area contributed by atoms with Crippen molar-refractivity contribution in [3.8, 4) is 5.75 Å². The topological polar surface area (TPSA) is 93.4 Å². The molecule has 21 heavy (non-hydrogen) atoms. The summed E-state index contributed by atoms with van der Waals surface area (Å²) in [5.74, 6) is -0.0676. The number of carbonyl (C=O) groups excluding carboxylic acids is 2. The Kier molecular flexibility index (Phi) is 6.17. The summed E-state index contributed by atoms with van der Waals surface area (Å²) >= 11 is 3.39. The third-order valence-electron chi connectivity index (χ3n) is 2.44. The minimum Gasteiger partial charge on any atom is -0.483 e. The molecule has 3 amide bonds. The summed E-state index contributed by atoms with van der Waals surface area (Å²) in [6.45, 7) is 6.73. The summed E-state index contributed by atoms with van der Waals surface area (Å²) in [6, 6.07) is 4.69. The maximum atomic E-state index is 11.3. The number of urea groups is 1. The Morgan fingerprint density at radius 2 is 2.00 bits per heavy atom.